The molecular weight excluding hydrogens is 594 g/mol. The van der Waals surface area contributed by atoms with Gasteiger partial charge in [-0.15, -0.1) is 0 Å². The van der Waals surface area contributed by atoms with Gasteiger partial charge in [0.25, 0.3) is 0 Å². The molecule has 2 fully saturated rings. The molecule has 0 saturated carbocycles. The lowest BCUT2D eigenvalue weighted by Crippen LogP contribution is -2.63. The first kappa shape index (κ1) is 35.1. The predicted octanol–water partition coefficient (Wildman–Crippen LogP) is -1.36. The van der Waals surface area contributed by atoms with Crippen molar-refractivity contribution in [2.45, 2.75) is 82.6 Å². The molecule has 0 aromatic heterocycles. The number of amides is 5. The molecule has 7 unspecified atom stereocenters. The minimum atomic E-state index is -1.22. The van der Waals surface area contributed by atoms with Crippen LogP contribution >= 0.6 is 0 Å². The minimum absolute atomic E-state index is 0.0606. The van der Waals surface area contributed by atoms with Crippen molar-refractivity contribution in [2.75, 3.05) is 45.9 Å². The number of β-amino-alcohol motifs (C(OH)–C–C–N with tert-alkyl or cyclic N) is 1. The van der Waals surface area contributed by atoms with Gasteiger partial charge in [0, 0.05) is 39.1 Å². The Morgan fingerprint density at radius 3 is 2.50 bits per heavy atom. The van der Waals surface area contributed by atoms with Crippen LogP contribution in [-0.4, -0.2) is 121 Å². The summed E-state index contributed by atoms with van der Waals surface area (Å²) < 4.78 is 5.74. The van der Waals surface area contributed by atoms with Crippen molar-refractivity contribution in [3.8, 4) is 5.75 Å². The Labute approximate surface area is 270 Å². The van der Waals surface area contributed by atoms with Crippen LogP contribution in [0.5, 0.6) is 5.75 Å². The summed E-state index contributed by atoms with van der Waals surface area (Å²) in [6.45, 7) is 7.12. The average molecular weight is 644 g/mol. The molecule has 46 heavy (non-hydrogen) atoms. The number of carbonyl (C=O) groups excluding carboxylic acids is 5. The SMILES string of the molecule is CCC(C)C1NC(=O)C2CN(CCCNC1=O)CCN2CC(O)C1Cc2ccc(cc2)OCCCC(=O)NC(CC(N)=O)C(=O)N1. The lowest BCUT2D eigenvalue weighted by atomic mass is 9.97. The first-order valence-corrected chi connectivity index (χ1v) is 16.4. The van der Waals surface area contributed by atoms with Crippen LogP contribution in [0.4, 0.5) is 0 Å². The number of aliphatic hydroxyl groups is 1. The van der Waals surface area contributed by atoms with Gasteiger partial charge in [0.1, 0.15) is 23.9 Å². The van der Waals surface area contributed by atoms with Crippen LogP contribution in [0, 0.1) is 5.92 Å². The van der Waals surface area contributed by atoms with Gasteiger partial charge in [0.15, 0.2) is 0 Å². The Morgan fingerprint density at radius 1 is 1.02 bits per heavy atom. The summed E-state index contributed by atoms with van der Waals surface area (Å²) in [5.74, 6) is -1.75. The highest BCUT2D eigenvalue weighted by Crippen LogP contribution is 2.19. The van der Waals surface area contributed by atoms with Crippen LogP contribution in [0.2, 0.25) is 0 Å². The van der Waals surface area contributed by atoms with Crippen molar-refractivity contribution >= 4 is 29.5 Å². The Kier molecular flexibility index (Phi) is 12.8. The van der Waals surface area contributed by atoms with E-state index in [4.69, 9.17) is 10.5 Å². The molecule has 4 heterocycles. The number of hydrogen-bond acceptors (Lipinski definition) is 9. The van der Waals surface area contributed by atoms with Crippen molar-refractivity contribution in [2.24, 2.45) is 11.7 Å². The van der Waals surface area contributed by atoms with Crippen molar-refractivity contribution in [3.05, 3.63) is 29.8 Å². The van der Waals surface area contributed by atoms with Crippen LogP contribution in [0.1, 0.15) is 51.5 Å². The van der Waals surface area contributed by atoms with Gasteiger partial charge in [0.05, 0.1) is 25.2 Å². The van der Waals surface area contributed by atoms with Crippen molar-refractivity contribution < 1.29 is 33.8 Å². The molecular formula is C32H49N7O7. The van der Waals surface area contributed by atoms with Crippen LogP contribution in [-0.2, 0) is 30.4 Å². The molecule has 0 aliphatic carbocycles. The molecule has 14 nitrogen and oxygen atoms in total. The number of primary amides is 1. The maximum atomic E-state index is 13.7. The van der Waals surface area contributed by atoms with Crippen LogP contribution < -0.4 is 31.7 Å². The normalized spacial score (nSPS) is 28.5. The molecule has 7 atom stereocenters. The summed E-state index contributed by atoms with van der Waals surface area (Å²) in [5.41, 5.74) is 6.22. The third kappa shape index (κ3) is 9.87. The highest BCUT2D eigenvalue weighted by atomic mass is 16.5. The van der Waals surface area contributed by atoms with Gasteiger partial charge in [-0.25, -0.2) is 0 Å². The van der Waals surface area contributed by atoms with E-state index >= 15 is 0 Å². The zero-order valence-corrected chi connectivity index (χ0v) is 26.8. The number of nitrogens with zero attached hydrogens (tertiary/aromatic N) is 2. The fourth-order valence-corrected chi connectivity index (χ4v) is 6.13. The first-order valence-electron chi connectivity index (χ1n) is 16.4. The lowest BCUT2D eigenvalue weighted by molar-refractivity contribution is -0.135. The number of benzene rings is 1. The summed E-state index contributed by atoms with van der Waals surface area (Å²) in [6, 6.07) is 3.94. The second-order valence-electron chi connectivity index (χ2n) is 12.6. The van der Waals surface area contributed by atoms with E-state index in [2.05, 4.69) is 26.2 Å². The highest BCUT2D eigenvalue weighted by Gasteiger charge is 2.38. The summed E-state index contributed by atoms with van der Waals surface area (Å²) in [5, 5.41) is 23.1. The molecule has 1 aromatic carbocycles. The molecule has 4 bridgehead atoms. The van der Waals surface area contributed by atoms with E-state index in [-0.39, 0.29) is 37.1 Å². The zero-order valence-electron chi connectivity index (χ0n) is 26.8. The topological polar surface area (TPSA) is 195 Å². The average Bonchev–Trinajstić information content (AvgIpc) is 3.05. The van der Waals surface area contributed by atoms with Gasteiger partial charge < -0.3 is 36.8 Å². The van der Waals surface area contributed by atoms with Crippen LogP contribution in [0.25, 0.3) is 0 Å². The number of carbonyl (C=O) groups is 5. The third-order valence-corrected chi connectivity index (χ3v) is 9.09. The minimum Gasteiger partial charge on any atom is -0.494 e. The molecule has 14 heteroatoms. The Morgan fingerprint density at radius 2 is 1.78 bits per heavy atom. The van der Waals surface area contributed by atoms with Gasteiger partial charge in [-0.05, 0) is 49.4 Å². The second kappa shape index (κ2) is 16.7. The number of aliphatic hydroxyl groups excluding tert-OH is 1. The van der Waals surface area contributed by atoms with E-state index in [1.54, 1.807) is 12.1 Å². The fourth-order valence-electron chi connectivity index (χ4n) is 6.13. The maximum Gasteiger partial charge on any atom is 0.243 e. The van der Waals surface area contributed by atoms with Gasteiger partial charge in [-0.2, -0.15) is 0 Å². The maximum absolute atomic E-state index is 13.7. The summed E-state index contributed by atoms with van der Waals surface area (Å²) in [7, 11) is 0. The second-order valence-corrected chi connectivity index (χ2v) is 12.6. The zero-order chi connectivity index (χ0) is 33.2. The van der Waals surface area contributed by atoms with Gasteiger partial charge in [0.2, 0.25) is 29.5 Å². The molecule has 0 spiro atoms. The fraction of sp³-hybridized carbons (Fsp3) is 0.656. The van der Waals surface area contributed by atoms with Crippen LogP contribution in [0.15, 0.2) is 24.3 Å². The number of piperazine rings is 1. The molecule has 4 aliphatic heterocycles. The van der Waals surface area contributed by atoms with Gasteiger partial charge in [-0.3, -0.25) is 33.8 Å². The standard InChI is InChI=1S/C32H49N7O7/c1-3-20(2)29-32(45)34-11-5-12-38-13-14-39(25(18-38)31(44)37-29)19-26(40)23-16-21-7-9-22(10-8-21)46-15-4-6-28(42)35-24(17-27(33)41)30(43)36-23/h7-10,20,23-26,29,40H,3-6,11-19H2,1-2H3,(H2,33,41)(H,34,45)(H,35,42)(H,36,43)(H,37,44). The quantitative estimate of drug-likeness (QED) is 0.208. The molecule has 5 rings (SSSR count). The van der Waals surface area contributed by atoms with E-state index in [0.717, 1.165) is 18.5 Å². The van der Waals surface area contributed by atoms with E-state index < -0.39 is 54.4 Å². The number of fused-ring (bicyclic) bond motifs is 14. The van der Waals surface area contributed by atoms with Gasteiger partial charge in [-0.1, -0.05) is 32.4 Å². The Balaban J connectivity index is 1.57. The van der Waals surface area contributed by atoms with Gasteiger partial charge >= 0.3 is 0 Å². The number of ether oxygens (including phenoxy) is 1. The smallest absolute Gasteiger partial charge is 0.243 e. The van der Waals surface area contributed by atoms with E-state index in [1.807, 2.05) is 30.9 Å². The van der Waals surface area contributed by atoms with E-state index in [0.29, 0.717) is 51.4 Å². The molecule has 2 saturated heterocycles. The molecule has 4 aliphatic rings. The summed E-state index contributed by atoms with van der Waals surface area (Å²) in [4.78, 5) is 68.7. The Bertz CT molecular complexity index is 1230. The Hall–Kier alpha value is -3.75. The number of rotatable bonds is 7. The number of nitrogens with one attached hydrogen (secondary N) is 4. The van der Waals surface area contributed by atoms with Crippen LogP contribution in [0.3, 0.4) is 0 Å². The molecule has 1 aromatic rings. The molecule has 254 valence electrons. The van der Waals surface area contributed by atoms with E-state index in [1.165, 1.54) is 0 Å². The molecule has 5 amide bonds. The lowest BCUT2D eigenvalue weighted by Gasteiger charge is -2.42. The number of nitrogens with two attached hydrogens (primary N) is 1. The number of hydrogen-bond donors (Lipinski definition) is 6. The summed E-state index contributed by atoms with van der Waals surface area (Å²) in [6.07, 6.45) is 0.656. The predicted molar refractivity (Wildman–Crippen MR) is 169 cm³/mol. The summed E-state index contributed by atoms with van der Waals surface area (Å²) >= 11 is 0. The van der Waals surface area contributed by atoms with E-state index in [9.17, 15) is 29.1 Å². The molecule has 7 N–H and O–H groups in total. The highest BCUT2D eigenvalue weighted by molar-refractivity contribution is 5.92. The van der Waals surface area contributed by atoms with Crippen molar-refractivity contribution in [3.63, 3.8) is 0 Å². The van der Waals surface area contributed by atoms with Crippen molar-refractivity contribution in [1.29, 1.82) is 0 Å². The van der Waals surface area contributed by atoms with Crippen molar-refractivity contribution in [1.82, 2.24) is 31.1 Å². The third-order valence-electron chi connectivity index (χ3n) is 9.09. The monoisotopic (exact) mass is 643 g/mol. The largest absolute Gasteiger partial charge is 0.494 e. The molecule has 0 radical (unpaired) electrons. The first-order chi connectivity index (χ1) is 22.0.